The van der Waals surface area contributed by atoms with Crippen molar-refractivity contribution in [2.75, 3.05) is 31.2 Å². The molecule has 6 nitrogen and oxygen atoms in total. The number of aromatic nitrogens is 1. The molecule has 0 radical (unpaired) electrons. The number of pyridine rings is 1. The van der Waals surface area contributed by atoms with Crippen LogP contribution < -0.4 is 10.0 Å². The maximum Gasteiger partial charge on any atom is 0.241 e. The van der Waals surface area contributed by atoms with Crippen molar-refractivity contribution in [2.24, 2.45) is 10.6 Å². The molecular weight excluding hydrogens is 290 g/mol. The molecule has 2 aliphatic rings. The van der Waals surface area contributed by atoms with Gasteiger partial charge in [0.25, 0.3) is 0 Å². The Labute approximate surface area is 125 Å². The Morgan fingerprint density at radius 2 is 2.10 bits per heavy atom. The molecule has 7 heteroatoms. The first-order valence-electron chi connectivity index (χ1n) is 7.31. The van der Waals surface area contributed by atoms with E-state index in [-0.39, 0.29) is 10.3 Å². The fraction of sp³-hybridized carbons (Fsp3) is 0.643. The maximum absolute atomic E-state index is 11.8. The molecule has 0 atom stereocenters. The summed E-state index contributed by atoms with van der Waals surface area (Å²) in [5, 5.41) is 5.32. The summed E-state index contributed by atoms with van der Waals surface area (Å²) in [7, 11) is -3.77. The standard InChI is InChI=1S/C14H21N3O3S/c15-21(18,19)12-4-3-7-16-13(12)17-8-9-20-11-14(10-17)5-1-2-6-14/h3-4,7H,1-2,5-6,8-11H2,(H2,15,18,19). The summed E-state index contributed by atoms with van der Waals surface area (Å²) in [5.41, 5.74) is 0.129. The summed E-state index contributed by atoms with van der Waals surface area (Å²) < 4.78 is 29.3. The van der Waals surface area contributed by atoms with E-state index in [0.717, 1.165) is 26.0 Å². The van der Waals surface area contributed by atoms with Gasteiger partial charge in [-0.1, -0.05) is 12.8 Å². The third-order valence-corrected chi connectivity index (χ3v) is 5.39. The molecule has 1 aromatic rings. The molecule has 0 bridgehead atoms. The van der Waals surface area contributed by atoms with Crippen molar-refractivity contribution < 1.29 is 13.2 Å². The minimum Gasteiger partial charge on any atom is -0.379 e. The Morgan fingerprint density at radius 1 is 1.33 bits per heavy atom. The average molecular weight is 311 g/mol. The number of hydrogen-bond donors (Lipinski definition) is 1. The number of sulfonamides is 1. The molecule has 3 rings (SSSR count). The fourth-order valence-electron chi connectivity index (χ4n) is 3.44. The zero-order chi connectivity index (χ0) is 14.9. The van der Waals surface area contributed by atoms with E-state index in [4.69, 9.17) is 9.88 Å². The molecule has 2 heterocycles. The molecular formula is C14H21N3O3S. The predicted molar refractivity (Wildman–Crippen MR) is 79.5 cm³/mol. The van der Waals surface area contributed by atoms with E-state index in [1.165, 1.54) is 18.9 Å². The van der Waals surface area contributed by atoms with Gasteiger partial charge in [-0.15, -0.1) is 0 Å². The summed E-state index contributed by atoms with van der Waals surface area (Å²) in [6, 6.07) is 3.12. The molecule has 1 saturated heterocycles. The summed E-state index contributed by atoms with van der Waals surface area (Å²) in [4.78, 5) is 6.40. The van der Waals surface area contributed by atoms with Crippen LogP contribution >= 0.6 is 0 Å². The maximum atomic E-state index is 11.8. The molecule has 2 N–H and O–H groups in total. The lowest BCUT2D eigenvalue weighted by Crippen LogP contribution is -2.38. The molecule has 1 aliphatic heterocycles. The van der Waals surface area contributed by atoms with Crippen LogP contribution in [0, 0.1) is 5.41 Å². The van der Waals surface area contributed by atoms with Gasteiger partial charge >= 0.3 is 0 Å². The van der Waals surface area contributed by atoms with E-state index in [1.807, 2.05) is 4.90 Å². The van der Waals surface area contributed by atoms with Crippen LogP contribution in [0.2, 0.25) is 0 Å². The molecule has 116 valence electrons. The summed E-state index contributed by atoms with van der Waals surface area (Å²) in [6.45, 7) is 2.76. The summed E-state index contributed by atoms with van der Waals surface area (Å²) in [6.07, 6.45) is 6.28. The van der Waals surface area contributed by atoms with Crippen molar-refractivity contribution in [3.8, 4) is 0 Å². The SMILES string of the molecule is NS(=O)(=O)c1cccnc1N1CCOCC2(CCCC2)C1. The first-order valence-corrected chi connectivity index (χ1v) is 8.85. The number of nitrogens with two attached hydrogens (primary N) is 1. The Balaban J connectivity index is 1.96. The smallest absolute Gasteiger partial charge is 0.241 e. The van der Waals surface area contributed by atoms with Crippen LogP contribution in [-0.2, 0) is 14.8 Å². The second kappa shape index (κ2) is 5.55. The highest BCUT2D eigenvalue weighted by atomic mass is 32.2. The number of primary sulfonamides is 1. The number of anilines is 1. The first-order chi connectivity index (χ1) is 10.0. The molecule has 0 aromatic carbocycles. The molecule has 0 unspecified atom stereocenters. The van der Waals surface area contributed by atoms with Gasteiger partial charge < -0.3 is 9.64 Å². The molecule has 1 aromatic heterocycles. The van der Waals surface area contributed by atoms with E-state index < -0.39 is 10.0 Å². The van der Waals surface area contributed by atoms with E-state index in [0.29, 0.717) is 19.0 Å². The Morgan fingerprint density at radius 3 is 2.81 bits per heavy atom. The van der Waals surface area contributed by atoms with Gasteiger partial charge in [0.2, 0.25) is 10.0 Å². The first kappa shape index (κ1) is 14.7. The Bertz CT molecular complexity index is 612. The van der Waals surface area contributed by atoms with Gasteiger partial charge in [0, 0.05) is 24.7 Å². The van der Waals surface area contributed by atoms with Crippen molar-refractivity contribution in [1.29, 1.82) is 0 Å². The number of nitrogens with zero attached hydrogens (tertiary/aromatic N) is 2. The zero-order valence-electron chi connectivity index (χ0n) is 12.0. The minimum atomic E-state index is -3.77. The molecule has 0 amide bonds. The van der Waals surface area contributed by atoms with Crippen LogP contribution in [0.4, 0.5) is 5.82 Å². The van der Waals surface area contributed by atoms with E-state index in [2.05, 4.69) is 4.98 Å². The van der Waals surface area contributed by atoms with Crippen LogP contribution in [0.15, 0.2) is 23.2 Å². The lowest BCUT2D eigenvalue weighted by molar-refractivity contribution is 0.0733. The normalized spacial score (nSPS) is 22.4. The van der Waals surface area contributed by atoms with Crippen molar-refractivity contribution >= 4 is 15.8 Å². The highest BCUT2D eigenvalue weighted by molar-refractivity contribution is 7.89. The molecule has 1 spiro atoms. The van der Waals surface area contributed by atoms with Crippen LogP contribution in [-0.4, -0.2) is 39.7 Å². The van der Waals surface area contributed by atoms with Gasteiger partial charge in [-0.05, 0) is 25.0 Å². The van der Waals surface area contributed by atoms with Crippen molar-refractivity contribution in [3.63, 3.8) is 0 Å². The quantitative estimate of drug-likeness (QED) is 0.885. The number of rotatable bonds is 2. The predicted octanol–water partition coefficient (Wildman–Crippen LogP) is 1.13. The highest BCUT2D eigenvalue weighted by Gasteiger charge is 2.38. The van der Waals surface area contributed by atoms with E-state index in [1.54, 1.807) is 12.3 Å². The zero-order valence-corrected chi connectivity index (χ0v) is 12.8. The Hall–Kier alpha value is -1.18. The van der Waals surface area contributed by atoms with E-state index in [9.17, 15) is 8.42 Å². The van der Waals surface area contributed by atoms with Crippen molar-refractivity contribution in [1.82, 2.24) is 4.98 Å². The number of hydrogen-bond acceptors (Lipinski definition) is 5. The van der Waals surface area contributed by atoms with Gasteiger partial charge in [-0.3, -0.25) is 0 Å². The fourth-order valence-corrected chi connectivity index (χ4v) is 4.15. The lowest BCUT2D eigenvalue weighted by atomic mass is 9.87. The van der Waals surface area contributed by atoms with Crippen LogP contribution in [0.25, 0.3) is 0 Å². The van der Waals surface area contributed by atoms with Gasteiger partial charge in [-0.25, -0.2) is 18.5 Å². The molecule has 1 saturated carbocycles. The van der Waals surface area contributed by atoms with Crippen molar-refractivity contribution in [3.05, 3.63) is 18.3 Å². The molecule has 21 heavy (non-hydrogen) atoms. The average Bonchev–Trinajstić information content (AvgIpc) is 2.79. The lowest BCUT2D eigenvalue weighted by Gasteiger charge is -2.32. The third kappa shape index (κ3) is 3.04. The van der Waals surface area contributed by atoms with E-state index >= 15 is 0 Å². The molecule has 2 fully saturated rings. The highest BCUT2D eigenvalue weighted by Crippen LogP contribution is 2.41. The third-order valence-electron chi connectivity index (χ3n) is 4.46. The van der Waals surface area contributed by atoms with Crippen molar-refractivity contribution in [2.45, 2.75) is 30.6 Å². The van der Waals surface area contributed by atoms with Crippen LogP contribution in [0.3, 0.4) is 0 Å². The monoisotopic (exact) mass is 311 g/mol. The largest absolute Gasteiger partial charge is 0.379 e. The second-order valence-electron chi connectivity index (χ2n) is 6.05. The van der Waals surface area contributed by atoms with Crippen LogP contribution in [0.5, 0.6) is 0 Å². The van der Waals surface area contributed by atoms with Gasteiger partial charge in [-0.2, -0.15) is 0 Å². The van der Waals surface area contributed by atoms with Gasteiger partial charge in [0.05, 0.1) is 13.2 Å². The van der Waals surface area contributed by atoms with Gasteiger partial charge in [0.1, 0.15) is 10.7 Å². The summed E-state index contributed by atoms with van der Waals surface area (Å²) >= 11 is 0. The minimum absolute atomic E-state index is 0.0973. The topological polar surface area (TPSA) is 85.5 Å². The Kier molecular flexibility index (Phi) is 3.90. The second-order valence-corrected chi connectivity index (χ2v) is 7.58. The summed E-state index contributed by atoms with van der Waals surface area (Å²) in [5.74, 6) is 0.455. The van der Waals surface area contributed by atoms with Crippen LogP contribution in [0.1, 0.15) is 25.7 Å². The van der Waals surface area contributed by atoms with Gasteiger partial charge in [0.15, 0.2) is 0 Å². The molecule has 1 aliphatic carbocycles. The number of ether oxygens (including phenoxy) is 1.